The molecule has 6 nitrogen and oxygen atoms in total. The zero-order valence-corrected chi connectivity index (χ0v) is 16.5. The molecule has 0 spiro atoms. The number of nitriles is 1. The van der Waals surface area contributed by atoms with Gasteiger partial charge in [-0.25, -0.2) is 0 Å². The normalized spacial score (nSPS) is 12.2. The molecule has 1 unspecified atom stereocenters. The Morgan fingerprint density at radius 2 is 1.77 bits per heavy atom. The third-order valence-corrected chi connectivity index (χ3v) is 4.44. The molecule has 0 bridgehead atoms. The second-order valence-electron chi connectivity index (χ2n) is 6.73. The van der Waals surface area contributed by atoms with Gasteiger partial charge in [-0.05, 0) is 43.8 Å². The first-order valence-corrected chi connectivity index (χ1v) is 9.05. The Balaban J connectivity index is 1.94. The van der Waals surface area contributed by atoms with Crippen molar-refractivity contribution in [3.8, 4) is 6.07 Å². The van der Waals surface area contributed by atoms with Gasteiger partial charge in [0.2, 0.25) is 5.91 Å². The number of rotatable bonds is 7. The van der Waals surface area contributed by atoms with E-state index in [4.69, 9.17) is 5.26 Å². The van der Waals surface area contributed by atoms with E-state index in [0.29, 0.717) is 17.8 Å². The highest BCUT2D eigenvalue weighted by Gasteiger charge is 2.28. The standard InChI is InChI=1S/C21H21F3N4O2/c1-14(19(29)27-18-6-4-3-5-17(18)11-25)28(2)12-15-7-9-16(10-8-15)20(30)26-13-21(22,23)24/h3-10,14H,12-13H2,1-2H3,(H,26,30)(H,27,29). The van der Waals surface area contributed by atoms with Crippen LogP contribution in [0.2, 0.25) is 0 Å². The lowest BCUT2D eigenvalue weighted by molar-refractivity contribution is -0.123. The monoisotopic (exact) mass is 418 g/mol. The zero-order valence-electron chi connectivity index (χ0n) is 16.5. The van der Waals surface area contributed by atoms with Gasteiger partial charge in [0.15, 0.2) is 0 Å². The van der Waals surface area contributed by atoms with Crippen molar-refractivity contribution < 1.29 is 22.8 Å². The predicted molar refractivity (Wildman–Crippen MR) is 106 cm³/mol. The highest BCUT2D eigenvalue weighted by atomic mass is 19.4. The van der Waals surface area contributed by atoms with Crippen molar-refractivity contribution in [3.63, 3.8) is 0 Å². The molecule has 158 valence electrons. The maximum Gasteiger partial charge on any atom is 0.405 e. The highest BCUT2D eigenvalue weighted by Crippen LogP contribution is 2.16. The molecular weight excluding hydrogens is 397 g/mol. The number of carbonyl (C=O) groups is 2. The molecule has 2 amide bonds. The van der Waals surface area contributed by atoms with Crippen molar-refractivity contribution in [3.05, 3.63) is 65.2 Å². The largest absolute Gasteiger partial charge is 0.405 e. The van der Waals surface area contributed by atoms with Crippen molar-refractivity contribution in [1.29, 1.82) is 5.26 Å². The fourth-order valence-electron chi connectivity index (χ4n) is 2.60. The Kier molecular flexibility index (Phi) is 7.55. The van der Waals surface area contributed by atoms with Crippen LogP contribution < -0.4 is 10.6 Å². The smallest absolute Gasteiger partial charge is 0.343 e. The number of hydrogen-bond donors (Lipinski definition) is 2. The number of anilines is 1. The van der Waals surface area contributed by atoms with Crippen LogP contribution in [-0.4, -0.2) is 42.5 Å². The van der Waals surface area contributed by atoms with Crippen LogP contribution in [0, 0.1) is 11.3 Å². The van der Waals surface area contributed by atoms with Gasteiger partial charge in [0.25, 0.3) is 5.91 Å². The number of carbonyl (C=O) groups excluding carboxylic acids is 2. The molecule has 0 saturated heterocycles. The second kappa shape index (κ2) is 9.89. The average molecular weight is 418 g/mol. The number of likely N-dealkylation sites (N-methyl/N-ethyl adjacent to an activating group) is 1. The molecule has 0 aromatic heterocycles. The van der Waals surface area contributed by atoms with Gasteiger partial charge in [-0.2, -0.15) is 18.4 Å². The predicted octanol–water partition coefficient (Wildman–Crippen LogP) is 3.31. The van der Waals surface area contributed by atoms with Crippen LogP contribution in [0.5, 0.6) is 0 Å². The molecule has 0 aliphatic carbocycles. The lowest BCUT2D eigenvalue weighted by Crippen LogP contribution is -2.39. The van der Waals surface area contributed by atoms with Gasteiger partial charge in [0, 0.05) is 12.1 Å². The van der Waals surface area contributed by atoms with Gasteiger partial charge in [-0.1, -0.05) is 24.3 Å². The van der Waals surface area contributed by atoms with Crippen molar-refractivity contribution >= 4 is 17.5 Å². The minimum Gasteiger partial charge on any atom is -0.343 e. The van der Waals surface area contributed by atoms with Crippen LogP contribution >= 0.6 is 0 Å². The SMILES string of the molecule is CC(C(=O)Nc1ccccc1C#N)N(C)Cc1ccc(C(=O)NCC(F)(F)F)cc1. The van der Waals surface area contributed by atoms with Crippen LogP contribution in [0.25, 0.3) is 0 Å². The molecule has 2 aromatic rings. The van der Waals surface area contributed by atoms with Crippen molar-refractivity contribution in [2.75, 3.05) is 18.9 Å². The Morgan fingerprint density at radius 3 is 2.37 bits per heavy atom. The lowest BCUT2D eigenvalue weighted by Gasteiger charge is -2.24. The Hall–Kier alpha value is -3.38. The van der Waals surface area contributed by atoms with E-state index in [1.54, 1.807) is 55.3 Å². The molecular formula is C21H21F3N4O2. The summed E-state index contributed by atoms with van der Waals surface area (Å²) in [5, 5.41) is 13.7. The summed E-state index contributed by atoms with van der Waals surface area (Å²) in [5.41, 5.74) is 1.69. The Labute approximate surface area is 172 Å². The molecule has 2 N–H and O–H groups in total. The number of nitrogens with one attached hydrogen (secondary N) is 2. The molecule has 0 aliphatic heterocycles. The van der Waals surface area contributed by atoms with E-state index < -0.39 is 24.7 Å². The summed E-state index contributed by atoms with van der Waals surface area (Å²) >= 11 is 0. The second-order valence-corrected chi connectivity index (χ2v) is 6.73. The molecule has 2 aromatic carbocycles. The molecule has 0 heterocycles. The first-order valence-electron chi connectivity index (χ1n) is 9.05. The van der Waals surface area contributed by atoms with Gasteiger partial charge < -0.3 is 10.6 Å². The fourth-order valence-corrected chi connectivity index (χ4v) is 2.60. The average Bonchev–Trinajstić information content (AvgIpc) is 2.71. The van der Waals surface area contributed by atoms with Gasteiger partial charge in [-0.3, -0.25) is 14.5 Å². The molecule has 0 fully saturated rings. The summed E-state index contributed by atoms with van der Waals surface area (Å²) in [6.07, 6.45) is -4.47. The first-order chi connectivity index (χ1) is 14.1. The summed E-state index contributed by atoms with van der Waals surface area (Å²) < 4.78 is 36.6. The minimum atomic E-state index is -4.47. The molecule has 0 saturated carbocycles. The van der Waals surface area contributed by atoms with Crippen LogP contribution in [0.4, 0.5) is 18.9 Å². The zero-order chi connectivity index (χ0) is 22.3. The number of hydrogen-bond acceptors (Lipinski definition) is 4. The van der Waals surface area contributed by atoms with Crippen molar-refractivity contribution in [1.82, 2.24) is 10.2 Å². The van der Waals surface area contributed by atoms with E-state index in [0.717, 1.165) is 5.56 Å². The third kappa shape index (κ3) is 6.60. The number of benzene rings is 2. The number of amides is 2. The maximum absolute atomic E-state index is 12.5. The van der Waals surface area contributed by atoms with E-state index >= 15 is 0 Å². The molecule has 2 rings (SSSR count). The van der Waals surface area contributed by atoms with Gasteiger partial charge >= 0.3 is 6.18 Å². The Morgan fingerprint density at radius 1 is 1.13 bits per heavy atom. The molecule has 1 atom stereocenters. The van der Waals surface area contributed by atoms with Crippen molar-refractivity contribution in [2.45, 2.75) is 25.7 Å². The lowest BCUT2D eigenvalue weighted by atomic mass is 10.1. The van der Waals surface area contributed by atoms with Crippen LogP contribution in [0.3, 0.4) is 0 Å². The van der Waals surface area contributed by atoms with E-state index in [1.165, 1.54) is 12.1 Å². The van der Waals surface area contributed by atoms with Gasteiger partial charge in [0.1, 0.15) is 12.6 Å². The highest BCUT2D eigenvalue weighted by molar-refractivity contribution is 5.95. The van der Waals surface area contributed by atoms with E-state index in [2.05, 4.69) is 5.32 Å². The van der Waals surface area contributed by atoms with E-state index in [9.17, 15) is 22.8 Å². The number of nitrogens with zero attached hydrogens (tertiary/aromatic N) is 2. The summed E-state index contributed by atoms with van der Waals surface area (Å²) in [5.74, 6) is -1.10. The molecule has 0 aliphatic rings. The maximum atomic E-state index is 12.5. The summed E-state index contributed by atoms with van der Waals surface area (Å²) in [6.45, 7) is 0.695. The molecule has 30 heavy (non-hydrogen) atoms. The molecule has 0 radical (unpaired) electrons. The Bertz CT molecular complexity index is 937. The summed E-state index contributed by atoms with van der Waals surface area (Å²) in [6, 6.07) is 14.3. The topological polar surface area (TPSA) is 85.2 Å². The van der Waals surface area contributed by atoms with Crippen LogP contribution in [-0.2, 0) is 11.3 Å². The van der Waals surface area contributed by atoms with Crippen molar-refractivity contribution in [2.24, 2.45) is 0 Å². The van der Waals surface area contributed by atoms with E-state index in [-0.39, 0.29) is 11.5 Å². The number of para-hydroxylation sites is 1. The third-order valence-electron chi connectivity index (χ3n) is 4.44. The van der Waals surface area contributed by atoms with Crippen LogP contribution in [0.15, 0.2) is 48.5 Å². The van der Waals surface area contributed by atoms with Gasteiger partial charge in [0.05, 0.1) is 17.3 Å². The molecule has 9 heteroatoms. The fraction of sp³-hybridized carbons (Fsp3) is 0.286. The van der Waals surface area contributed by atoms with Gasteiger partial charge in [-0.15, -0.1) is 0 Å². The summed E-state index contributed by atoms with van der Waals surface area (Å²) in [7, 11) is 1.74. The number of halogens is 3. The van der Waals surface area contributed by atoms with E-state index in [1.807, 2.05) is 11.4 Å². The minimum absolute atomic E-state index is 0.115. The summed E-state index contributed by atoms with van der Waals surface area (Å²) in [4.78, 5) is 26.0. The first kappa shape index (κ1) is 22.9. The van der Waals surface area contributed by atoms with Crippen LogP contribution in [0.1, 0.15) is 28.4 Å². The quantitative estimate of drug-likeness (QED) is 0.723. The number of alkyl halides is 3.